The first-order valence-corrected chi connectivity index (χ1v) is 9.86. The molecule has 3 rings (SSSR count). The molecule has 1 aliphatic heterocycles. The van der Waals surface area contributed by atoms with Gasteiger partial charge in [0.25, 0.3) is 5.91 Å². The van der Waals surface area contributed by atoms with Crippen LogP contribution in [0.5, 0.6) is 5.75 Å². The van der Waals surface area contributed by atoms with Crippen LogP contribution in [0.2, 0.25) is 5.02 Å². The van der Waals surface area contributed by atoms with Crippen LogP contribution >= 0.6 is 11.6 Å². The van der Waals surface area contributed by atoms with Gasteiger partial charge in [-0.15, -0.1) is 0 Å². The maximum absolute atomic E-state index is 13.6. The lowest BCUT2D eigenvalue weighted by Crippen LogP contribution is -2.39. The molecule has 2 aromatic rings. The van der Waals surface area contributed by atoms with Gasteiger partial charge in [-0.3, -0.25) is 9.59 Å². The van der Waals surface area contributed by atoms with E-state index in [4.69, 9.17) is 16.3 Å². The van der Waals surface area contributed by atoms with Crippen molar-refractivity contribution >= 4 is 29.1 Å². The molecule has 0 saturated carbocycles. The van der Waals surface area contributed by atoms with Crippen LogP contribution in [-0.4, -0.2) is 44.6 Å². The Hall–Kier alpha value is -2.87. The van der Waals surface area contributed by atoms with Crippen LogP contribution in [0.3, 0.4) is 0 Å². The molecule has 6 nitrogen and oxygen atoms in total. The van der Waals surface area contributed by atoms with Crippen molar-refractivity contribution in [2.24, 2.45) is 0 Å². The molecule has 30 heavy (non-hydrogen) atoms. The van der Waals surface area contributed by atoms with Crippen molar-refractivity contribution in [3.63, 3.8) is 0 Å². The highest BCUT2D eigenvalue weighted by Crippen LogP contribution is 2.33. The standard InChI is InChI=1S/C21H22ClF2N3O3/c1-30-19-5-2-13(22)10-18(19)27-9-7-15(12-27)26-20(28)6-8-25-21(29)16-4-3-14(23)11-17(16)24/h2-5,10-11,15H,6-9,12H2,1H3,(H,25,29)(H,26,28). The Morgan fingerprint density at radius 2 is 2.03 bits per heavy atom. The monoisotopic (exact) mass is 437 g/mol. The molecule has 0 spiro atoms. The van der Waals surface area contributed by atoms with Crippen molar-refractivity contribution < 1.29 is 23.1 Å². The largest absolute Gasteiger partial charge is 0.495 e. The summed E-state index contributed by atoms with van der Waals surface area (Å²) in [6, 6.07) is 8.05. The molecule has 0 aromatic heterocycles. The van der Waals surface area contributed by atoms with E-state index in [9.17, 15) is 18.4 Å². The molecular formula is C21H22ClF2N3O3. The third kappa shape index (κ3) is 5.38. The number of carbonyl (C=O) groups excluding carboxylic acids is 2. The van der Waals surface area contributed by atoms with Gasteiger partial charge in [0.2, 0.25) is 5.91 Å². The SMILES string of the molecule is COc1ccc(Cl)cc1N1CCC(NC(=O)CCNC(=O)c2ccc(F)cc2F)C1. The average molecular weight is 438 g/mol. The summed E-state index contributed by atoms with van der Waals surface area (Å²) < 4.78 is 31.9. The van der Waals surface area contributed by atoms with Gasteiger partial charge in [0.15, 0.2) is 0 Å². The quantitative estimate of drug-likeness (QED) is 0.698. The van der Waals surface area contributed by atoms with Gasteiger partial charge in [0, 0.05) is 43.2 Å². The van der Waals surface area contributed by atoms with E-state index in [0.29, 0.717) is 23.4 Å². The zero-order valence-electron chi connectivity index (χ0n) is 16.4. The number of nitrogens with one attached hydrogen (secondary N) is 2. The van der Waals surface area contributed by atoms with E-state index in [-0.39, 0.29) is 30.5 Å². The molecule has 2 aromatic carbocycles. The second-order valence-corrected chi connectivity index (χ2v) is 7.38. The number of nitrogens with zero attached hydrogens (tertiary/aromatic N) is 1. The van der Waals surface area contributed by atoms with Crippen molar-refractivity contribution in [1.82, 2.24) is 10.6 Å². The molecule has 1 unspecified atom stereocenters. The van der Waals surface area contributed by atoms with Gasteiger partial charge in [0.05, 0.1) is 18.4 Å². The van der Waals surface area contributed by atoms with E-state index in [2.05, 4.69) is 15.5 Å². The van der Waals surface area contributed by atoms with Crippen molar-refractivity contribution in [2.45, 2.75) is 18.9 Å². The number of benzene rings is 2. The number of hydrogen-bond acceptors (Lipinski definition) is 4. The van der Waals surface area contributed by atoms with Crippen molar-refractivity contribution in [1.29, 1.82) is 0 Å². The van der Waals surface area contributed by atoms with E-state index in [1.807, 2.05) is 6.07 Å². The minimum Gasteiger partial charge on any atom is -0.495 e. The summed E-state index contributed by atoms with van der Waals surface area (Å²) in [5.74, 6) is -1.91. The summed E-state index contributed by atoms with van der Waals surface area (Å²) >= 11 is 6.09. The van der Waals surface area contributed by atoms with Crippen molar-refractivity contribution in [2.75, 3.05) is 31.6 Å². The fourth-order valence-corrected chi connectivity index (χ4v) is 3.53. The van der Waals surface area contributed by atoms with E-state index in [0.717, 1.165) is 30.8 Å². The topological polar surface area (TPSA) is 70.7 Å². The minimum atomic E-state index is -0.945. The fraction of sp³-hybridized carbons (Fsp3) is 0.333. The summed E-state index contributed by atoms with van der Waals surface area (Å²) in [5, 5.41) is 6.00. The third-order valence-corrected chi connectivity index (χ3v) is 5.08. The number of carbonyl (C=O) groups is 2. The first kappa shape index (κ1) is 21.8. The molecule has 0 radical (unpaired) electrons. The molecule has 2 amide bonds. The highest BCUT2D eigenvalue weighted by molar-refractivity contribution is 6.30. The van der Waals surface area contributed by atoms with Crippen LogP contribution in [0.15, 0.2) is 36.4 Å². The Morgan fingerprint density at radius 3 is 2.77 bits per heavy atom. The number of anilines is 1. The van der Waals surface area contributed by atoms with Crippen LogP contribution in [0.4, 0.5) is 14.5 Å². The zero-order chi connectivity index (χ0) is 21.7. The summed E-state index contributed by atoms with van der Waals surface area (Å²) in [5.41, 5.74) is 0.606. The Morgan fingerprint density at radius 1 is 1.23 bits per heavy atom. The molecule has 1 saturated heterocycles. The van der Waals surface area contributed by atoms with Gasteiger partial charge in [-0.1, -0.05) is 11.6 Å². The predicted molar refractivity (Wildman–Crippen MR) is 110 cm³/mol. The summed E-state index contributed by atoms with van der Waals surface area (Å²) in [6.45, 7) is 1.39. The Balaban J connectivity index is 1.46. The minimum absolute atomic E-state index is 0.0417. The second kappa shape index (κ2) is 9.75. The number of rotatable bonds is 7. The first-order valence-electron chi connectivity index (χ1n) is 9.48. The Kier molecular flexibility index (Phi) is 7.10. The van der Waals surface area contributed by atoms with Gasteiger partial charge in [-0.2, -0.15) is 0 Å². The lowest BCUT2D eigenvalue weighted by atomic mass is 10.2. The molecular weight excluding hydrogens is 416 g/mol. The highest BCUT2D eigenvalue weighted by Gasteiger charge is 2.26. The van der Waals surface area contributed by atoms with Crippen LogP contribution in [0.25, 0.3) is 0 Å². The predicted octanol–water partition coefficient (Wildman–Crippen LogP) is 3.14. The average Bonchev–Trinajstić information content (AvgIpc) is 3.16. The second-order valence-electron chi connectivity index (χ2n) is 6.95. The summed E-state index contributed by atoms with van der Waals surface area (Å²) in [4.78, 5) is 26.2. The maximum Gasteiger partial charge on any atom is 0.254 e. The van der Waals surface area contributed by atoms with Crippen molar-refractivity contribution in [3.05, 3.63) is 58.6 Å². The van der Waals surface area contributed by atoms with Gasteiger partial charge < -0.3 is 20.3 Å². The smallest absolute Gasteiger partial charge is 0.254 e. The molecule has 9 heteroatoms. The first-order chi connectivity index (χ1) is 14.4. The van der Waals surface area contributed by atoms with Crippen LogP contribution in [-0.2, 0) is 4.79 Å². The lowest BCUT2D eigenvalue weighted by Gasteiger charge is -2.21. The van der Waals surface area contributed by atoms with E-state index in [1.54, 1.807) is 19.2 Å². The van der Waals surface area contributed by atoms with Crippen LogP contribution in [0, 0.1) is 11.6 Å². The molecule has 1 atom stereocenters. The lowest BCUT2D eigenvalue weighted by molar-refractivity contribution is -0.121. The molecule has 160 valence electrons. The number of methoxy groups -OCH3 is 1. The number of amides is 2. The molecule has 0 bridgehead atoms. The van der Waals surface area contributed by atoms with Crippen molar-refractivity contribution in [3.8, 4) is 5.75 Å². The van der Waals surface area contributed by atoms with Gasteiger partial charge in [0.1, 0.15) is 17.4 Å². The molecule has 0 aliphatic carbocycles. The summed E-state index contributed by atoms with van der Waals surface area (Å²) in [7, 11) is 1.59. The number of ether oxygens (including phenoxy) is 1. The Labute approximate surface area is 178 Å². The maximum atomic E-state index is 13.6. The zero-order valence-corrected chi connectivity index (χ0v) is 17.1. The summed E-state index contributed by atoms with van der Waals surface area (Å²) in [6.07, 6.45) is 0.806. The van der Waals surface area contributed by atoms with Gasteiger partial charge in [-0.05, 0) is 36.8 Å². The van der Waals surface area contributed by atoms with Crippen LogP contribution < -0.4 is 20.3 Å². The molecule has 1 aliphatic rings. The molecule has 1 heterocycles. The third-order valence-electron chi connectivity index (χ3n) is 4.85. The van der Waals surface area contributed by atoms with Gasteiger partial charge >= 0.3 is 0 Å². The fourth-order valence-electron chi connectivity index (χ4n) is 3.37. The van der Waals surface area contributed by atoms with Gasteiger partial charge in [-0.25, -0.2) is 8.78 Å². The molecule has 2 N–H and O–H groups in total. The highest BCUT2D eigenvalue weighted by atomic mass is 35.5. The normalized spacial score (nSPS) is 15.7. The van der Waals surface area contributed by atoms with E-state index >= 15 is 0 Å². The number of halogens is 3. The Bertz CT molecular complexity index is 942. The molecule has 1 fully saturated rings. The number of hydrogen-bond donors (Lipinski definition) is 2. The van der Waals surface area contributed by atoms with Crippen LogP contribution in [0.1, 0.15) is 23.2 Å². The van der Waals surface area contributed by atoms with E-state index < -0.39 is 17.5 Å². The van der Waals surface area contributed by atoms with E-state index in [1.165, 1.54) is 0 Å².